The third-order valence-corrected chi connectivity index (χ3v) is 4.28. The number of nitrogens with one attached hydrogen (secondary N) is 2. The summed E-state index contributed by atoms with van der Waals surface area (Å²) >= 11 is 0. The molecule has 3 aromatic rings. The van der Waals surface area contributed by atoms with E-state index in [-0.39, 0.29) is 18.9 Å². The van der Waals surface area contributed by atoms with Gasteiger partial charge in [-0.05, 0) is 47.0 Å². The van der Waals surface area contributed by atoms with Crippen molar-refractivity contribution in [2.75, 3.05) is 5.32 Å². The molecule has 7 heteroatoms. The van der Waals surface area contributed by atoms with E-state index in [1.165, 1.54) is 6.07 Å². The number of alkyl halides is 3. The molecule has 0 atom stereocenters. The van der Waals surface area contributed by atoms with E-state index in [1.54, 1.807) is 18.5 Å². The topological polar surface area (TPSA) is 54.0 Å². The minimum absolute atomic E-state index is 0.0491. The summed E-state index contributed by atoms with van der Waals surface area (Å²) in [6.07, 6.45) is -0.735. The summed E-state index contributed by atoms with van der Waals surface area (Å²) in [4.78, 5) is 16.2. The van der Waals surface area contributed by atoms with E-state index in [1.807, 2.05) is 36.4 Å². The van der Waals surface area contributed by atoms with Gasteiger partial charge in [-0.2, -0.15) is 13.2 Å². The number of hydrogen-bond donors (Lipinski definition) is 2. The molecule has 0 saturated carbocycles. The molecule has 0 saturated heterocycles. The average molecular weight is 399 g/mol. The summed E-state index contributed by atoms with van der Waals surface area (Å²) in [6, 6.07) is 16.2. The van der Waals surface area contributed by atoms with Gasteiger partial charge in [-0.25, -0.2) is 0 Å². The summed E-state index contributed by atoms with van der Waals surface area (Å²) in [7, 11) is 0. The molecular weight excluding hydrogens is 379 g/mol. The molecule has 0 bridgehead atoms. The smallest absolute Gasteiger partial charge is 0.381 e. The zero-order valence-corrected chi connectivity index (χ0v) is 15.5. The number of nitrogens with zero attached hydrogens (tertiary/aromatic N) is 1. The Balaban J connectivity index is 1.48. The number of hydrogen-bond acceptors (Lipinski definition) is 3. The molecule has 0 unspecified atom stereocenters. The van der Waals surface area contributed by atoms with Crippen molar-refractivity contribution in [1.82, 2.24) is 10.3 Å². The van der Waals surface area contributed by atoms with Gasteiger partial charge in [0.05, 0.1) is 12.0 Å². The predicted octanol–water partition coefficient (Wildman–Crippen LogP) is 4.57. The van der Waals surface area contributed by atoms with Crippen molar-refractivity contribution < 1.29 is 18.0 Å². The lowest BCUT2D eigenvalue weighted by molar-refractivity contribution is -0.137. The Labute approximate surface area is 166 Å². The van der Waals surface area contributed by atoms with Crippen LogP contribution in [-0.4, -0.2) is 10.9 Å². The zero-order chi connectivity index (χ0) is 20.7. The molecule has 2 N–H and O–H groups in total. The van der Waals surface area contributed by atoms with Gasteiger partial charge in [0.15, 0.2) is 0 Å². The summed E-state index contributed by atoms with van der Waals surface area (Å²) in [5.74, 6) is -0.251. The predicted molar refractivity (Wildman–Crippen MR) is 105 cm³/mol. The van der Waals surface area contributed by atoms with Gasteiger partial charge in [0.25, 0.3) is 0 Å². The molecule has 0 spiro atoms. The van der Waals surface area contributed by atoms with Gasteiger partial charge >= 0.3 is 6.18 Å². The fourth-order valence-corrected chi connectivity index (χ4v) is 2.75. The monoisotopic (exact) mass is 399 g/mol. The zero-order valence-electron chi connectivity index (χ0n) is 15.5. The second-order valence-corrected chi connectivity index (χ2v) is 6.56. The lowest BCUT2D eigenvalue weighted by Crippen LogP contribution is -2.24. The number of carbonyl (C=O) groups is 1. The number of rotatable bonds is 7. The van der Waals surface area contributed by atoms with Gasteiger partial charge in [0.1, 0.15) is 0 Å². The van der Waals surface area contributed by atoms with E-state index < -0.39 is 11.7 Å². The second-order valence-electron chi connectivity index (χ2n) is 6.56. The Morgan fingerprint density at radius 3 is 2.34 bits per heavy atom. The highest BCUT2D eigenvalue weighted by Crippen LogP contribution is 2.29. The van der Waals surface area contributed by atoms with E-state index >= 15 is 0 Å². The first kappa shape index (κ1) is 20.4. The van der Waals surface area contributed by atoms with Crippen LogP contribution in [-0.2, 0) is 30.5 Å². The van der Waals surface area contributed by atoms with Gasteiger partial charge in [-0.1, -0.05) is 30.3 Å². The number of halogens is 3. The number of aromatic nitrogens is 1. The Morgan fingerprint density at radius 2 is 1.66 bits per heavy atom. The van der Waals surface area contributed by atoms with Crippen LogP contribution in [0.3, 0.4) is 0 Å². The summed E-state index contributed by atoms with van der Waals surface area (Å²) < 4.78 is 38.2. The highest BCUT2D eigenvalue weighted by Gasteiger charge is 2.30. The molecule has 1 heterocycles. The minimum atomic E-state index is -4.40. The van der Waals surface area contributed by atoms with Crippen molar-refractivity contribution >= 4 is 11.6 Å². The number of benzene rings is 2. The average Bonchev–Trinajstić information content (AvgIpc) is 2.72. The highest BCUT2D eigenvalue weighted by atomic mass is 19.4. The second kappa shape index (κ2) is 9.23. The molecule has 0 aliphatic rings. The Kier molecular flexibility index (Phi) is 6.49. The van der Waals surface area contributed by atoms with Crippen LogP contribution < -0.4 is 10.6 Å². The van der Waals surface area contributed by atoms with Crippen LogP contribution in [0.25, 0.3) is 0 Å². The molecule has 150 valence electrons. The molecular formula is C22H20F3N3O. The number of amides is 1. The molecule has 29 heavy (non-hydrogen) atoms. The lowest BCUT2D eigenvalue weighted by atomic mass is 10.1. The minimum Gasteiger partial charge on any atom is -0.381 e. The van der Waals surface area contributed by atoms with Crippen molar-refractivity contribution in [3.05, 3.63) is 95.3 Å². The first-order valence-corrected chi connectivity index (χ1v) is 9.05. The van der Waals surface area contributed by atoms with Crippen molar-refractivity contribution in [3.8, 4) is 0 Å². The van der Waals surface area contributed by atoms with Gasteiger partial charge in [0.2, 0.25) is 5.91 Å². The third-order valence-electron chi connectivity index (χ3n) is 4.28. The Hall–Kier alpha value is -3.35. The fraction of sp³-hybridized carbons (Fsp3) is 0.182. The maximum Gasteiger partial charge on any atom is 0.416 e. The SMILES string of the molecule is O=C(Cc1ccc(NCc2cccnc2)cc1)NCc1cccc(C(F)(F)F)c1. The molecule has 0 fully saturated rings. The molecule has 1 aromatic heterocycles. The number of carbonyl (C=O) groups excluding carboxylic acids is 1. The normalized spacial score (nSPS) is 11.1. The van der Waals surface area contributed by atoms with E-state index in [2.05, 4.69) is 15.6 Å². The van der Waals surface area contributed by atoms with Gasteiger partial charge in [0, 0.05) is 31.2 Å². The molecule has 3 rings (SSSR count). The standard InChI is InChI=1S/C22H20F3N3O/c23-22(24,25)19-5-1-3-17(11-19)14-28-21(29)12-16-6-8-20(9-7-16)27-15-18-4-2-10-26-13-18/h1-11,13,27H,12,14-15H2,(H,28,29). The summed E-state index contributed by atoms with van der Waals surface area (Å²) in [6.45, 7) is 0.693. The van der Waals surface area contributed by atoms with Crippen molar-refractivity contribution in [2.45, 2.75) is 25.7 Å². The van der Waals surface area contributed by atoms with E-state index in [0.717, 1.165) is 28.9 Å². The first-order valence-electron chi connectivity index (χ1n) is 9.05. The maximum atomic E-state index is 12.7. The van der Waals surface area contributed by atoms with Crippen molar-refractivity contribution in [2.24, 2.45) is 0 Å². The molecule has 0 radical (unpaired) electrons. The van der Waals surface area contributed by atoms with Crippen molar-refractivity contribution in [1.29, 1.82) is 0 Å². The molecule has 1 amide bonds. The van der Waals surface area contributed by atoms with E-state index in [9.17, 15) is 18.0 Å². The first-order chi connectivity index (χ1) is 13.9. The van der Waals surface area contributed by atoms with Crippen LogP contribution >= 0.6 is 0 Å². The van der Waals surface area contributed by atoms with Crippen LogP contribution in [0.1, 0.15) is 22.3 Å². The number of pyridine rings is 1. The fourth-order valence-electron chi connectivity index (χ4n) is 2.75. The van der Waals surface area contributed by atoms with E-state index in [4.69, 9.17) is 0 Å². The van der Waals surface area contributed by atoms with Gasteiger partial charge in [-0.15, -0.1) is 0 Å². The van der Waals surface area contributed by atoms with Crippen LogP contribution in [0.4, 0.5) is 18.9 Å². The number of anilines is 1. The van der Waals surface area contributed by atoms with Crippen LogP contribution in [0.15, 0.2) is 73.1 Å². The molecule has 0 aliphatic carbocycles. The van der Waals surface area contributed by atoms with Crippen LogP contribution in [0, 0.1) is 0 Å². The van der Waals surface area contributed by atoms with Crippen LogP contribution in [0.5, 0.6) is 0 Å². The molecule has 0 aliphatic heterocycles. The largest absolute Gasteiger partial charge is 0.416 e. The third kappa shape index (κ3) is 6.34. The maximum absolute atomic E-state index is 12.7. The summed E-state index contributed by atoms with van der Waals surface area (Å²) in [5.41, 5.74) is 2.48. The van der Waals surface area contributed by atoms with Gasteiger partial charge < -0.3 is 10.6 Å². The Morgan fingerprint density at radius 1 is 0.897 bits per heavy atom. The summed E-state index contributed by atoms with van der Waals surface area (Å²) in [5, 5.41) is 5.93. The molecule has 4 nitrogen and oxygen atoms in total. The Bertz CT molecular complexity index is 942. The van der Waals surface area contributed by atoms with E-state index in [0.29, 0.717) is 12.1 Å². The molecule has 2 aromatic carbocycles. The van der Waals surface area contributed by atoms with Gasteiger partial charge in [-0.3, -0.25) is 9.78 Å². The quantitative estimate of drug-likeness (QED) is 0.612. The van der Waals surface area contributed by atoms with Crippen molar-refractivity contribution in [3.63, 3.8) is 0 Å². The lowest BCUT2D eigenvalue weighted by Gasteiger charge is -2.10. The highest BCUT2D eigenvalue weighted by molar-refractivity contribution is 5.78. The van der Waals surface area contributed by atoms with Crippen LogP contribution in [0.2, 0.25) is 0 Å².